The highest BCUT2D eigenvalue weighted by molar-refractivity contribution is 9.10. The van der Waals surface area contributed by atoms with Gasteiger partial charge in [-0.05, 0) is 22.0 Å². The van der Waals surface area contributed by atoms with Crippen LogP contribution >= 0.6 is 15.9 Å². The fraction of sp³-hybridized carbons (Fsp3) is 0.333. The van der Waals surface area contributed by atoms with Gasteiger partial charge in [-0.2, -0.15) is 8.78 Å². The predicted octanol–water partition coefficient (Wildman–Crippen LogP) is 2.35. The fourth-order valence-electron chi connectivity index (χ4n) is 0.548. The number of halogens is 3. The summed E-state index contributed by atoms with van der Waals surface area (Å²) in [7, 11) is 0. The molecule has 0 aliphatic carbocycles. The van der Waals surface area contributed by atoms with E-state index >= 15 is 0 Å². The first kappa shape index (κ1) is 8.52. The summed E-state index contributed by atoms with van der Waals surface area (Å²) in [5.41, 5.74) is 0. The molecule has 0 unspecified atom stereocenters. The maximum absolute atomic E-state index is 12.5. The first-order valence-corrected chi connectivity index (χ1v) is 3.66. The van der Waals surface area contributed by atoms with Gasteiger partial charge >= 0.3 is 5.92 Å². The van der Waals surface area contributed by atoms with E-state index in [1.807, 2.05) is 0 Å². The molecule has 0 amide bonds. The SMILES string of the molecule is CC(F)(F)c1nccc(Br)n1. The van der Waals surface area contributed by atoms with E-state index in [0.717, 1.165) is 6.92 Å². The van der Waals surface area contributed by atoms with Crippen molar-refractivity contribution in [3.63, 3.8) is 0 Å². The van der Waals surface area contributed by atoms with Crippen molar-refractivity contribution in [2.75, 3.05) is 0 Å². The lowest BCUT2D eigenvalue weighted by atomic mass is 10.3. The molecule has 60 valence electrons. The summed E-state index contributed by atoms with van der Waals surface area (Å²) in [6.45, 7) is 0.759. The highest BCUT2D eigenvalue weighted by atomic mass is 79.9. The molecule has 2 nitrogen and oxygen atoms in total. The van der Waals surface area contributed by atoms with Crippen molar-refractivity contribution in [3.8, 4) is 0 Å². The van der Waals surface area contributed by atoms with Crippen LogP contribution in [0.15, 0.2) is 16.9 Å². The van der Waals surface area contributed by atoms with Crippen LogP contribution < -0.4 is 0 Å². The van der Waals surface area contributed by atoms with Crippen LogP contribution in [0.3, 0.4) is 0 Å². The maximum Gasteiger partial charge on any atom is 0.303 e. The topological polar surface area (TPSA) is 25.8 Å². The summed E-state index contributed by atoms with van der Waals surface area (Å²) >= 11 is 2.97. The Kier molecular flexibility index (Phi) is 2.17. The Morgan fingerprint density at radius 2 is 2.18 bits per heavy atom. The second kappa shape index (κ2) is 2.81. The normalized spacial score (nSPS) is 11.6. The molecule has 0 bridgehead atoms. The largest absolute Gasteiger partial charge is 0.303 e. The summed E-state index contributed by atoms with van der Waals surface area (Å²) < 4.78 is 25.3. The van der Waals surface area contributed by atoms with Gasteiger partial charge in [0.25, 0.3) is 0 Å². The quantitative estimate of drug-likeness (QED) is 0.683. The molecular weight excluding hydrogens is 218 g/mol. The third-order valence-corrected chi connectivity index (χ3v) is 1.46. The zero-order valence-corrected chi connectivity index (χ0v) is 7.27. The van der Waals surface area contributed by atoms with Gasteiger partial charge in [0.2, 0.25) is 0 Å². The molecule has 0 aromatic carbocycles. The highest BCUT2D eigenvalue weighted by Crippen LogP contribution is 2.23. The van der Waals surface area contributed by atoms with Crippen LogP contribution in [0.4, 0.5) is 8.78 Å². The second-order valence-electron chi connectivity index (χ2n) is 2.09. The molecule has 0 radical (unpaired) electrons. The van der Waals surface area contributed by atoms with Crippen molar-refractivity contribution in [3.05, 3.63) is 22.7 Å². The van der Waals surface area contributed by atoms with Gasteiger partial charge in [0.15, 0.2) is 5.82 Å². The van der Waals surface area contributed by atoms with Gasteiger partial charge in [0.1, 0.15) is 4.60 Å². The van der Waals surface area contributed by atoms with E-state index in [2.05, 4.69) is 25.9 Å². The first-order valence-electron chi connectivity index (χ1n) is 2.87. The molecule has 5 heteroatoms. The summed E-state index contributed by atoms with van der Waals surface area (Å²) in [5, 5.41) is 0. The minimum Gasteiger partial charge on any atom is -0.236 e. The molecule has 1 aromatic heterocycles. The predicted molar refractivity (Wildman–Crippen MR) is 39.3 cm³/mol. The molecule has 1 aromatic rings. The van der Waals surface area contributed by atoms with Gasteiger partial charge in [-0.25, -0.2) is 9.97 Å². The molecular formula is C6H5BrF2N2. The van der Waals surface area contributed by atoms with Gasteiger partial charge in [0, 0.05) is 13.1 Å². The Morgan fingerprint density at radius 1 is 1.55 bits per heavy atom. The van der Waals surface area contributed by atoms with Crippen LogP contribution in [0.25, 0.3) is 0 Å². The minimum absolute atomic E-state index is 0.365. The number of hydrogen-bond donors (Lipinski definition) is 0. The molecule has 0 aliphatic heterocycles. The summed E-state index contributed by atoms with van der Waals surface area (Å²) in [4.78, 5) is 6.92. The van der Waals surface area contributed by atoms with E-state index in [4.69, 9.17) is 0 Å². The number of rotatable bonds is 1. The van der Waals surface area contributed by atoms with Crippen LogP contribution in [0, 0.1) is 0 Å². The van der Waals surface area contributed by atoms with Crippen LogP contribution in [-0.4, -0.2) is 9.97 Å². The third-order valence-electron chi connectivity index (χ3n) is 1.01. The molecule has 0 aliphatic rings. The van der Waals surface area contributed by atoms with Crippen molar-refractivity contribution >= 4 is 15.9 Å². The fourth-order valence-corrected chi connectivity index (χ4v) is 0.834. The number of alkyl halides is 2. The number of nitrogens with zero attached hydrogens (tertiary/aromatic N) is 2. The van der Waals surface area contributed by atoms with Crippen LogP contribution in [-0.2, 0) is 5.92 Å². The molecule has 0 N–H and O–H groups in total. The Balaban J connectivity index is 3.06. The van der Waals surface area contributed by atoms with E-state index in [9.17, 15) is 8.78 Å². The van der Waals surface area contributed by atoms with Gasteiger partial charge < -0.3 is 0 Å². The number of hydrogen-bond acceptors (Lipinski definition) is 2. The highest BCUT2D eigenvalue weighted by Gasteiger charge is 2.27. The molecule has 0 saturated heterocycles. The van der Waals surface area contributed by atoms with Crippen molar-refractivity contribution in [2.45, 2.75) is 12.8 Å². The Hall–Kier alpha value is -0.580. The van der Waals surface area contributed by atoms with Crippen molar-refractivity contribution < 1.29 is 8.78 Å². The monoisotopic (exact) mass is 222 g/mol. The standard InChI is InChI=1S/C6H5BrF2N2/c1-6(8,9)5-10-3-2-4(7)11-5/h2-3H,1H3. The lowest BCUT2D eigenvalue weighted by molar-refractivity contribution is 0.00749. The third kappa shape index (κ3) is 2.18. The van der Waals surface area contributed by atoms with Crippen LogP contribution in [0.5, 0.6) is 0 Å². The van der Waals surface area contributed by atoms with Crippen molar-refractivity contribution in [1.29, 1.82) is 0 Å². The Morgan fingerprint density at radius 3 is 2.55 bits per heavy atom. The van der Waals surface area contributed by atoms with E-state index in [1.165, 1.54) is 12.3 Å². The van der Waals surface area contributed by atoms with Crippen LogP contribution in [0.1, 0.15) is 12.7 Å². The van der Waals surface area contributed by atoms with E-state index < -0.39 is 11.7 Å². The maximum atomic E-state index is 12.5. The molecule has 0 atom stereocenters. The molecule has 1 rings (SSSR count). The average molecular weight is 223 g/mol. The first-order chi connectivity index (χ1) is 5.00. The Labute approximate surface area is 70.8 Å². The lowest BCUT2D eigenvalue weighted by Crippen LogP contribution is -2.11. The van der Waals surface area contributed by atoms with E-state index in [0.29, 0.717) is 4.60 Å². The van der Waals surface area contributed by atoms with Crippen molar-refractivity contribution in [1.82, 2.24) is 9.97 Å². The van der Waals surface area contributed by atoms with Gasteiger partial charge in [0.05, 0.1) is 0 Å². The number of aromatic nitrogens is 2. The zero-order valence-electron chi connectivity index (χ0n) is 5.68. The summed E-state index contributed by atoms with van der Waals surface area (Å²) in [6.07, 6.45) is 1.28. The van der Waals surface area contributed by atoms with Gasteiger partial charge in [-0.3, -0.25) is 0 Å². The van der Waals surface area contributed by atoms with Gasteiger partial charge in [-0.15, -0.1) is 0 Å². The second-order valence-corrected chi connectivity index (χ2v) is 2.90. The zero-order chi connectivity index (χ0) is 8.48. The molecule has 0 spiro atoms. The summed E-state index contributed by atoms with van der Waals surface area (Å²) in [5.74, 6) is -3.43. The smallest absolute Gasteiger partial charge is 0.236 e. The summed E-state index contributed by atoms with van der Waals surface area (Å²) in [6, 6.07) is 1.50. The molecule has 0 fully saturated rings. The van der Waals surface area contributed by atoms with Crippen LogP contribution in [0.2, 0.25) is 0 Å². The van der Waals surface area contributed by atoms with Gasteiger partial charge in [-0.1, -0.05) is 0 Å². The van der Waals surface area contributed by atoms with E-state index in [1.54, 1.807) is 0 Å². The Bertz CT molecular complexity index is 259. The lowest BCUT2D eigenvalue weighted by Gasteiger charge is -2.06. The van der Waals surface area contributed by atoms with Crippen molar-refractivity contribution in [2.24, 2.45) is 0 Å². The molecule has 11 heavy (non-hydrogen) atoms. The minimum atomic E-state index is -2.97. The molecule has 0 saturated carbocycles. The van der Waals surface area contributed by atoms with E-state index in [-0.39, 0.29) is 0 Å². The average Bonchev–Trinajstić information content (AvgIpc) is 1.86. The molecule has 1 heterocycles.